The molecule has 0 aliphatic heterocycles. The minimum absolute atomic E-state index is 0.217. The van der Waals surface area contributed by atoms with Gasteiger partial charge < -0.3 is 24.4 Å². The van der Waals surface area contributed by atoms with Gasteiger partial charge in [-0.3, -0.25) is 4.79 Å². The largest absolute Gasteiger partial charge is 0.493 e. The van der Waals surface area contributed by atoms with E-state index in [0.717, 1.165) is 5.56 Å². The predicted octanol–water partition coefficient (Wildman–Crippen LogP) is 3.48. The number of rotatable bonds is 10. The average molecular weight is 372 g/mol. The molecule has 0 radical (unpaired) electrons. The molecule has 1 N–H and O–H groups in total. The van der Waals surface area contributed by atoms with Crippen LogP contribution in [0, 0.1) is 0 Å². The molecule has 2 rings (SSSR count). The fraction of sp³-hybridized carbons (Fsp3) is 0.300. The fourth-order valence-corrected chi connectivity index (χ4v) is 2.27. The predicted molar refractivity (Wildman–Crippen MR) is 104 cm³/mol. The number of ether oxygens (including phenoxy) is 3. The molecule has 0 aliphatic carbocycles. The molecular weight excluding hydrogens is 348 g/mol. The summed E-state index contributed by atoms with van der Waals surface area (Å²) < 4.78 is 16.2. The Labute approximate surface area is 158 Å². The summed E-state index contributed by atoms with van der Waals surface area (Å²) in [4.78, 5) is 17.1. The van der Waals surface area contributed by atoms with Crippen molar-refractivity contribution in [2.24, 2.45) is 5.16 Å². The number of nitrogens with one attached hydrogen (secondary N) is 1. The molecule has 1 amide bonds. The summed E-state index contributed by atoms with van der Waals surface area (Å²) in [6.45, 7) is 4.63. The maximum Gasteiger partial charge on any atom is 0.265 e. The van der Waals surface area contributed by atoms with Crippen LogP contribution in [0.3, 0.4) is 0 Å². The van der Waals surface area contributed by atoms with E-state index in [1.54, 1.807) is 31.4 Å². The number of benzene rings is 2. The number of methoxy groups -OCH3 is 1. The van der Waals surface area contributed by atoms with Crippen LogP contribution in [0.2, 0.25) is 0 Å². The van der Waals surface area contributed by atoms with Gasteiger partial charge in [0.05, 0.1) is 32.2 Å². The molecule has 7 nitrogen and oxygen atoms in total. The van der Waals surface area contributed by atoms with Gasteiger partial charge in [-0.25, -0.2) is 0 Å². The Bertz CT molecular complexity index is 777. The Balaban J connectivity index is 1.88. The molecule has 0 saturated carbocycles. The van der Waals surface area contributed by atoms with Gasteiger partial charge in [0.25, 0.3) is 5.91 Å². The molecule has 144 valence electrons. The standard InChI is InChI=1S/C20H24N2O5/c1-4-25-17-9-7-6-8-16(17)22-20(23)14-27-21-13-15-10-11-18(26-5-2)19(12-15)24-3/h6-13H,4-5,14H2,1-3H3,(H,22,23)/b21-13+. The summed E-state index contributed by atoms with van der Waals surface area (Å²) in [6, 6.07) is 12.6. The summed E-state index contributed by atoms with van der Waals surface area (Å²) in [7, 11) is 1.57. The number of carbonyl (C=O) groups is 1. The molecular formula is C20H24N2O5. The maximum atomic E-state index is 12.0. The van der Waals surface area contributed by atoms with Crippen molar-refractivity contribution in [2.75, 3.05) is 32.2 Å². The van der Waals surface area contributed by atoms with Crippen LogP contribution in [0.5, 0.6) is 17.2 Å². The highest BCUT2D eigenvalue weighted by Crippen LogP contribution is 2.27. The first kappa shape index (κ1) is 20.1. The van der Waals surface area contributed by atoms with Crippen molar-refractivity contribution in [3.8, 4) is 17.2 Å². The third kappa shape index (κ3) is 6.22. The first-order valence-corrected chi connectivity index (χ1v) is 8.65. The molecule has 0 atom stereocenters. The van der Waals surface area contributed by atoms with Crippen molar-refractivity contribution < 1.29 is 23.8 Å². The SMILES string of the molecule is CCOc1ccccc1NC(=O)CO/N=C/c1ccc(OCC)c(OC)c1. The average Bonchev–Trinajstić information content (AvgIpc) is 2.68. The van der Waals surface area contributed by atoms with Gasteiger partial charge in [0.2, 0.25) is 0 Å². The molecule has 2 aromatic rings. The minimum atomic E-state index is -0.330. The van der Waals surface area contributed by atoms with Gasteiger partial charge in [0.15, 0.2) is 18.1 Å². The number of hydrogen-bond acceptors (Lipinski definition) is 6. The van der Waals surface area contributed by atoms with Crippen LogP contribution in [0.25, 0.3) is 0 Å². The monoisotopic (exact) mass is 372 g/mol. The lowest BCUT2D eigenvalue weighted by atomic mass is 10.2. The van der Waals surface area contributed by atoms with Gasteiger partial charge in [0, 0.05) is 5.56 Å². The smallest absolute Gasteiger partial charge is 0.265 e. The molecule has 0 bridgehead atoms. The second-order valence-corrected chi connectivity index (χ2v) is 5.33. The molecule has 0 heterocycles. The Hall–Kier alpha value is -3.22. The van der Waals surface area contributed by atoms with Gasteiger partial charge >= 0.3 is 0 Å². The topological polar surface area (TPSA) is 78.4 Å². The van der Waals surface area contributed by atoms with Crippen LogP contribution in [0.4, 0.5) is 5.69 Å². The lowest BCUT2D eigenvalue weighted by Gasteiger charge is -2.10. The Morgan fingerprint density at radius 1 is 1.04 bits per heavy atom. The lowest BCUT2D eigenvalue weighted by molar-refractivity contribution is -0.120. The zero-order valence-corrected chi connectivity index (χ0v) is 15.7. The zero-order chi connectivity index (χ0) is 19.5. The van der Waals surface area contributed by atoms with Crippen LogP contribution in [0.15, 0.2) is 47.6 Å². The lowest BCUT2D eigenvalue weighted by Crippen LogP contribution is -2.17. The van der Waals surface area contributed by atoms with Gasteiger partial charge in [-0.1, -0.05) is 17.3 Å². The molecule has 0 unspecified atom stereocenters. The molecule has 0 aromatic heterocycles. The van der Waals surface area contributed by atoms with Crippen LogP contribution in [0.1, 0.15) is 19.4 Å². The van der Waals surface area contributed by atoms with Crippen molar-refractivity contribution in [1.29, 1.82) is 0 Å². The summed E-state index contributed by atoms with van der Waals surface area (Å²) >= 11 is 0. The quantitative estimate of drug-likeness (QED) is 0.510. The van der Waals surface area contributed by atoms with Crippen LogP contribution in [-0.4, -0.2) is 39.1 Å². The number of hydrogen-bond donors (Lipinski definition) is 1. The highest BCUT2D eigenvalue weighted by Gasteiger charge is 2.08. The Morgan fingerprint density at radius 3 is 2.52 bits per heavy atom. The van der Waals surface area contributed by atoms with E-state index < -0.39 is 0 Å². The summed E-state index contributed by atoms with van der Waals surface area (Å²) in [5.41, 5.74) is 1.35. The summed E-state index contributed by atoms with van der Waals surface area (Å²) in [6.07, 6.45) is 1.50. The summed E-state index contributed by atoms with van der Waals surface area (Å²) in [5.74, 6) is 1.54. The number of amides is 1. The van der Waals surface area contributed by atoms with Gasteiger partial charge in [-0.2, -0.15) is 0 Å². The van der Waals surface area contributed by atoms with E-state index in [9.17, 15) is 4.79 Å². The van der Waals surface area contributed by atoms with E-state index in [2.05, 4.69) is 10.5 Å². The van der Waals surface area contributed by atoms with Crippen molar-refractivity contribution in [1.82, 2.24) is 0 Å². The molecule has 7 heteroatoms. The molecule has 27 heavy (non-hydrogen) atoms. The van der Waals surface area contributed by atoms with Crippen molar-refractivity contribution in [3.63, 3.8) is 0 Å². The third-order valence-electron chi connectivity index (χ3n) is 3.42. The Kier molecular flexibility index (Phi) is 7.96. The number of nitrogens with zero attached hydrogens (tertiary/aromatic N) is 1. The van der Waals surface area contributed by atoms with Crippen LogP contribution < -0.4 is 19.5 Å². The minimum Gasteiger partial charge on any atom is -0.493 e. The van der Waals surface area contributed by atoms with E-state index in [4.69, 9.17) is 19.0 Å². The van der Waals surface area contributed by atoms with Gasteiger partial charge in [0.1, 0.15) is 5.75 Å². The second-order valence-electron chi connectivity index (χ2n) is 5.33. The van der Waals surface area contributed by atoms with E-state index in [-0.39, 0.29) is 12.5 Å². The van der Waals surface area contributed by atoms with E-state index >= 15 is 0 Å². The first-order valence-electron chi connectivity index (χ1n) is 8.65. The summed E-state index contributed by atoms with van der Waals surface area (Å²) in [5, 5.41) is 6.55. The molecule has 0 spiro atoms. The first-order chi connectivity index (χ1) is 13.2. The van der Waals surface area contributed by atoms with Crippen LogP contribution in [-0.2, 0) is 9.63 Å². The van der Waals surface area contributed by atoms with Crippen molar-refractivity contribution >= 4 is 17.8 Å². The third-order valence-corrected chi connectivity index (χ3v) is 3.42. The van der Waals surface area contributed by atoms with E-state index in [0.29, 0.717) is 36.1 Å². The zero-order valence-electron chi connectivity index (χ0n) is 15.7. The number of anilines is 1. The van der Waals surface area contributed by atoms with Crippen LogP contribution >= 0.6 is 0 Å². The van der Waals surface area contributed by atoms with Gasteiger partial charge in [-0.05, 0) is 44.2 Å². The second kappa shape index (κ2) is 10.7. The number of para-hydroxylation sites is 2. The van der Waals surface area contributed by atoms with E-state index in [1.807, 2.05) is 32.0 Å². The highest BCUT2D eigenvalue weighted by molar-refractivity contribution is 5.93. The highest BCUT2D eigenvalue weighted by atomic mass is 16.6. The van der Waals surface area contributed by atoms with Gasteiger partial charge in [-0.15, -0.1) is 0 Å². The normalized spacial score (nSPS) is 10.5. The fourth-order valence-electron chi connectivity index (χ4n) is 2.27. The number of oxime groups is 1. The molecule has 0 aliphatic rings. The molecule has 0 saturated heterocycles. The molecule has 2 aromatic carbocycles. The maximum absolute atomic E-state index is 12.0. The molecule has 0 fully saturated rings. The van der Waals surface area contributed by atoms with E-state index in [1.165, 1.54) is 6.21 Å². The van der Waals surface area contributed by atoms with Crippen molar-refractivity contribution in [2.45, 2.75) is 13.8 Å². The number of carbonyl (C=O) groups excluding carboxylic acids is 1. The Morgan fingerprint density at radius 2 is 1.78 bits per heavy atom. The van der Waals surface area contributed by atoms with Crippen molar-refractivity contribution in [3.05, 3.63) is 48.0 Å².